The zero-order valence-electron chi connectivity index (χ0n) is 30.2. The van der Waals surface area contributed by atoms with E-state index in [-0.39, 0.29) is 11.5 Å². The van der Waals surface area contributed by atoms with E-state index in [0.717, 1.165) is 74.0 Å². The van der Waals surface area contributed by atoms with Crippen LogP contribution in [0.1, 0.15) is 176 Å². The third kappa shape index (κ3) is 8.78. The summed E-state index contributed by atoms with van der Waals surface area (Å²) in [7, 11) is 0. The molecule has 0 aliphatic heterocycles. The Labute approximate surface area is 277 Å². The van der Waals surface area contributed by atoms with Crippen LogP contribution in [0.15, 0.2) is 11.6 Å². The smallest absolute Gasteiger partial charge is 0.320 e. The van der Waals surface area contributed by atoms with Gasteiger partial charge in [0, 0.05) is 6.42 Å². The summed E-state index contributed by atoms with van der Waals surface area (Å²) < 4.78 is 5.99. The van der Waals surface area contributed by atoms with Crippen LogP contribution in [-0.2, 0) is 14.3 Å². The maximum absolute atomic E-state index is 13.1. The van der Waals surface area contributed by atoms with Crippen LogP contribution in [0, 0.1) is 52.3 Å². The standard InChI is InChI=1S/C41H70O4/c1-7-8-9-10-11-12-13-14-15-19-34(38(42)43)39(44)45-32-24-26-40(5)31(28-32)20-21-33-36-23-22-35(30(4)18-16-17-29(2)3)41(36,6)27-25-37(33)40/h20,29-30,32-37H,7-19,21-28H2,1-6H3,(H,42,43)/t30-,32+,33+,34?,35-,36+,37+,40+,41-/m1/s1. The first-order chi connectivity index (χ1) is 21.5. The molecule has 4 aliphatic carbocycles. The van der Waals surface area contributed by atoms with Crippen molar-refractivity contribution in [1.82, 2.24) is 0 Å². The van der Waals surface area contributed by atoms with E-state index in [1.54, 1.807) is 0 Å². The summed E-state index contributed by atoms with van der Waals surface area (Å²) in [5.74, 6) is 2.35. The summed E-state index contributed by atoms with van der Waals surface area (Å²) in [5, 5.41) is 9.85. The number of rotatable bonds is 18. The summed E-state index contributed by atoms with van der Waals surface area (Å²) in [6.07, 6.45) is 27.0. The Balaban J connectivity index is 1.28. The molecule has 0 spiro atoms. The first-order valence-corrected chi connectivity index (χ1v) is 19.6. The highest BCUT2D eigenvalue weighted by atomic mass is 16.5. The normalized spacial score (nSPS) is 33.9. The van der Waals surface area contributed by atoms with Gasteiger partial charge in [0.25, 0.3) is 0 Å². The van der Waals surface area contributed by atoms with E-state index in [0.29, 0.717) is 11.8 Å². The van der Waals surface area contributed by atoms with E-state index in [2.05, 4.69) is 47.6 Å². The molecule has 0 aromatic heterocycles. The molecule has 0 aromatic carbocycles. The predicted molar refractivity (Wildman–Crippen MR) is 186 cm³/mol. The van der Waals surface area contributed by atoms with E-state index in [1.165, 1.54) is 95.5 Å². The van der Waals surface area contributed by atoms with Crippen LogP contribution in [0.5, 0.6) is 0 Å². The van der Waals surface area contributed by atoms with Gasteiger partial charge in [-0.3, -0.25) is 9.59 Å². The maximum atomic E-state index is 13.1. The number of unbranched alkanes of at least 4 members (excludes halogenated alkanes) is 8. The Bertz CT molecular complexity index is 984. The zero-order valence-corrected chi connectivity index (χ0v) is 30.2. The lowest BCUT2D eigenvalue weighted by molar-refractivity contribution is -0.164. The summed E-state index contributed by atoms with van der Waals surface area (Å²) >= 11 is 0. The molecule has 0 saturated heterocycles. The summed E-state index contributed by atoms with van der Waals surface area (Å²) in [4.78, 5) is 25.1. The topological polar surface area (TPSA) is 63.6 Å². The molecule has 258 valence electrons. The zero-order chi connectivity index (χ0) is 32.6. The second-order valence-corrected chi connectivity index (χ2v) is 17.1. The predicted octanol–water partition coefficient (Wildman–Crippen LogP) is 11.6. The van der Waals surface area contributed by atoms with E-state index < -0.39 is 17.9 Å². The van der Waals surface area contributed by atoms with Crippen LogP contribution in [0.25, 0.3) is 0 Å². The van der Waals surface area contributed by atoms with Crippen LogP contribution in [0.4, 0.5) is 0 Å². The fraction of sp³-hybridized carbons (Fsp3) is 0.902. The summed E-state index contributed by atoms with van der Waals surface area (Å²) in [6, 6.07) is 0. The highest BCUT2D eigenvalue weighted by molar-refractivity contribution is 5.93. The van der Waals surface area contributed by atoms with Gasteiger partial charge in [-0.05, 0) is 97.7 Å². The lowest BCUT2D eigenvalue weighted by Gasteiger charge is -2.58. The number of hydrogen-bond donors (Lipinski definition) is 1. The number of carbonyl (C=O) groups is 2. The number of carboxylic acid groups (broad SMARTS) is 1. The second-order valence-electron chi connectivity index (χ2n) is 17.1. The van der Waals surface area contributed by atoms with E-state index in [9.17, 15) is 14.7 Å². The minimum atomic E-state index is -1.02. The highest BCUT2D eigenvalue weighted by Crippen LogP contribution is 2.67. The molecular formula is C41H70O4. The van der Waals surface area contributed by atoms with Gasteiger partial charge in [0.1, 0.15) is 6.10 Å². The van der Waals surface area contributed by atoms with Gasteiger partial charge in [-0.15, -0.1) is 0 Å². The third-order valence-electron chi connectivity index (χ3n) is 13.7. The van der Waals surface area contributed by atoms with Crippen molar-refractivity contribution < 1.29 is 19.4 Å². The van der Waals surface area contributed by atoms with Crippen LogP contribution in [0.3, 0.4) is 0 Å². The average molecular weight is 627 g/mol. The second kappa shape index (κ2) is 16.7. The highest BCUT2D eigenvalue weighted by Gasteiger charge is 2.59. The quantitative estimate of drug-likeness (QED) is 0.0711. The Morgan fingerprint density at radius 2 is 1.53 bits per heavy atom. The van der Waals surface area contributed by atoms with Gasteiger partial charge in [0.05, 0.1) is 0 Å². The number of hydrogen-bond acceptors (Lipinski definition) is 3. The fourth-order valence-electron chi connectivity index (χ4n) is 11.0. The fourth-order valence-corrected chi connectivity index (χ4v) is 11.0. The molecule has 1 N–H and O–H groups in total. The molecule has 9 atom stereocenters. The Kier molecular flexibility index (Phi) is 13.5. The Morgan fingerprint density at radius 3 is 2.20 bits per heavy atom. The molecule has 4 aliphatic rings. The number of carboxylic acids is 1. The minimum absolute atomic E-state index is 0.172. The molecule has 0 heterocycles. The maximum Gasteiger partial charge on any atom is 0.320 e. The van der Waals surface area contributed by atoms with Crippen LogP contribution in [0.2, 0.25) is 0 Å². The van der Waals surface area contributed by atoms with Crippen molar-refractivity contribution in [2.75, 3.05) is 0 Å². The van der Waals surface area contributed by atoms with Gasteiger partial charge < -0.3 is 9.84 Å². The average Bonchev–Trinajstić information content (AvgIpc) is 3.35. The lowest BCUT2D eigenvalue weighted by Crippen LogP contribution is -2.51. The van der Waals surface area contributed by atoms with Crippen LogP contribution in [-0.4, -0.2) is 23.1 Å². The van der Waals surface area contributed by atoms with Crippen LogP contribution < -0.4 is 0 Å². The largest absolute Gasteiger partial charge is 0.481 e. The lowest BCUT2D eigenvalue weighted by atomic mass is 9.47. The number of allylic oxidation sites excluding steroid dienone is 1. The third-order valence-corrected chi connectivity index (χ3v) is 13.7. The van der Waals surface area contributed by atoms with Gasteiger partial charge in [0.2, 0.25) is 0 Å². The molecule has 45 heavy (non-hydrogen) atoms. The van der Waals surface area contributed by atoms with Crippen molar-refractivity contribution in [3.63, 3.8) is 0 Å². The van der Waals surface area contributed by atoms with E-state index in [4.69, 9.17) is 4.74 Å². The number of esters is 1. The van der Waals surface area contributed by atoms with Crippen molar-refractivity contribution in [3.8, 4) is 0 Å². The molecule has 0 amide bonds. The molecule has 4 rings (SSSR count). The molecule has 4 heteroatoms. The molecule has 0 radical (unpaired) electrons. The van der Waals surface area contributed by atoms with Gasteiger partial charge in [-0.2, -0.15) is 0 Å². The van der Waals surface area contributed by atoms with Gasteiger partial charge >= 0.3 is 11.9 Å². The van der Waals surface area contributed by atoms with Crippen molar-refractivity contribution in [2.24, 2.45) is 52.3 Å². The summed E-state index contributed by atoms with van der Waals surface area (Å²) in [6.45, 7) is 14.7. The molecule has 0 aromatic rings. The number of fused-ring (bicyclic) bond motifs is 5. The number of carbonyl (C=O) groups excluding carboxylic acids is 1. The van der Waals surface area contributed by atoms with Crippen molar-refractivity contribution in [1.29, 1.82) is 0 Å². The first kappa shape index (κ1) is 36.5. The first-order valence-electron chi connectivity index (χ1n) is 19.6. The van der Waals surface area contributed by atoms with Gasteiger partial charge in [-0.1, -0.05) is 130 Å². The molecule has 3 fully saturated rings. The van der Waals surface area contributed by atoms with Crippen molar-refractivity contribution >= 4 is 11.9 Å². The summed E-state index contributed by atoms with van der Waals surface area (Å²) in [5.41, 5.74) is 2.20. The minimum Gasteiger partial charge on any atom is -0.481 e. The molecular weight excluding hydrogens is 556 g/mol. The van der Waals surface area contributed by atoms with Gasteiger partial charge in [0.15, 0.2) is 5.92 Å². The molecule has 0 bridgehead atoms. The SMILES string of the molecule is CCCCCCCCCCCC(C(=O)O)C(=O)O[C@H]1CC[C@@]2(C)C(=CC[C@H]3[C@@H]4CC[C@H]([C@H](C)CCCC(C)C)[C@@]4(C)CC[C@@H]32)C1. The van der Waals surface area contributed by atoms with Crippen molar-refractivity contribution in [2.45, 2.75) is 182 Å². The monoisotopic (exact) mass is 627 g/mol. The van der Waals surface area contributed by atoms with Crippen molar-refractivity contribution in [3.05, 3.63) is 11.6 Å². The molecule has 4 nitrogen and oxygen atoms in total. The Morgan fingerprint density at radius 1 is 0.844 bits per heavy atom. The number of ether oxygens (including phenoxy) is 1. The van der Waals surface area contributed by atoms with E-state index >= 15 is 0 Å². The van der Waals surface area contributed by atoms with Gasteiger partial charge in [-0.25, -0.2) is 0 Å². The van der Waals surface area contributed by atoms with E-state index in [1.807, 2.05) is 0 Å². The molecule has 3 saturated carbocycles. The number of aliphatic carboxylic acids is 1. The Hall–Kier alpha value is -1.32. The molecule has 1 unspecified atom stereocenters. The van der Waals surface area contributed by atoms with Crippen LogP contribution >= 0.6 is 0 Å².